The maximum Gasteiger partial charge on any atom is 0.251 e. The summed E-state index contributed by atoms with van der Waals surface area (Å²) < 4.78 is 10.7. The first-order valence-electron chi connectivity index (χ1n) is 10.5. The molecular formula is C24H28N4O4. The number of aromatic nitrogens is 2. The topological polar surface area (TPSA) is 106 Å². The van der Waals surface area contributed by atoms with Crippen LogP contribution in [0.2, 0.25) is 0 Å². The number of anilines is 1. The monoisotopic (exact) mass is 436 g/mol. The Morgan fingerprint density at radius 1 is 1.03 bits per heavy atom. The molecule has 8 heteroatoms. The smallest absolute Gasteiger partial charge is 0.251 e. The fraction of sp³-hybridized carbons (Fsp3) is 0.333. The van der Waals surface area contributed by atoms with Gasteiger partial charge in [-0.25, -0.2) is 0 Å². The summed E-state index contributed by atoms with van der Waals surface area (Å²) in [5.41, 5.74) is 1.64. The van der Waals surface area contributed by atoms with E-state index in [0.717, 1.165) is 11.3 Å². The third-order valence-electron chi connectivity index (χ3n) is 4.38. The number of carbonyl (C=O) groups excluding carboxylic acids is 2. The molecule has 1 heterocycles. The summed E-state index contributed by atoms with van der Waals surface area (Å²) in [5.74, 6) is 1.29. The molecule has 32 heavy (non-hydrogen) atoms. The number of amides is 2. The number of nitrogens with one attached hydrogen (secondary N) is 2. The van der Waals surface area contributed by atoms with Gasteiger partial charge in [-0.3, -0.25) is 9.59 Å². The van der Waals surface area contributed by atoms with Crippen molar-refractivity contribution >= 4 is 17.5 Å². The number of aryl methyl sites for hydroxylation is 1. The first-order valence-corrected chi connectivity index (χ1v) is 10.5. The van der Waals surface area contributed by atoms with E-state index >= 15 is 0 Å². The lowest BCUT2D eigenvalue weighted by atomic mass is 10.1. The summed E-state index contributed by atoms with van der Waals surface area (Å²) in [6.07, 6.45) is 0.513. The first kappa shape index (κ1) is 23.0. The molecule has 168 valence electrons. The van der Waals surface area contributed by atoms with Gasteiger partial charge in [-0.15, -0.1) is 0 Å². The lowest BCUT2D eigenvalue weighted by Gasteiger charge is -2.20. The Hall–Kier alpha value is -3.68. The lowest BCUT2D eigenvalue weighted by molar-refractivity contribution is -0.116. The second kappa shape index (κ2) is 10.1. The number of carbonyl (C=O) groups is 2. The predicted molar refractivity (Wildman–Crippen MR) is 122 cm³/mol. The second-order valence-corrected chi connectivity index (χ2v) is 8.30. The molecule has 3 rings (SSSR count). The Kier molecular flexibility index (Phi) is 7.25. The van der Waals surface area contributed by atoms with Crippen LogP contribution in [0.1, 0.15) is 50.4 Å². The van der Waals surface area contributed by atoms with Crippen LogP contribution in [0, 0.1) is 0 Å². The van der Waals surface area contributed by atoms with E-state index in [2.05, 4.69) is 20.8 Å². The molecule has 0 bridgehead atoms. The zero-order valence-corrected chi connectivity index (χ0v) is 18.8. The van der Waals surface area contributed by atoms with E-state index in [-0.39, 0.29) is 23.8 Å². The Balaban J connectivity index is 1.50. The third-order valence-corrected chi connectivity index (χ3v) is 4.38. The summed E-state index contributed by atoms with van der Waals surface area (Å²) in [5, 5.41) is 9.69. The van der Waals surface area contributed by atoms with E-state index in [1.807, 2.05) is 52.0 Å². The molecule has 0 aliphatic carbocycles. The van der Waals surface area contributed by atoms with Gasteiger partial charge in [-0.1, -0.05) is 5.16 Å². The van der Waals surface area contributed by atoms with Crippen molar-refractivity contribution in [2.75, 3.05) is 11.9 Å². The van der Waals surface area contributed by atoms with Crippen molar-refractivity contribution in [3.8, 4) is 17.1 Å². The molecule has 0 radical (unpaired) electrons. The zero-order valence-electron chi connectivity index (χ0n) is 18.8. The molecule has 0 spiro atoms. The summed E-state index contributed by atoms with van der Waals surface area (Å²) >= 11 is 0. The molecule has 0 fully saturated rings. The van der Waals surface area contributed by atoms with Crippen molar-refractivity contribution in [3.05, 3.63) is 60.0 Å². The molecule has 1 aromatic heterocycles. The SMILES string of the molecule is CCOc1ccc(-c2noc(CCC(=O)Nc3ccc(C(=O)NC(C)(C)C)cc3)n2)cc1. The Labute approximate surface area is 187 Å². The molecule has 0 aliphatic heterocycles. The van der Waals surface area contributed by atoms with Crippen LogP contribution in [0.25, 0.3) is 11.4 Å². The van der Waals surface area contributed by atoms with Gasteiger partial charge in [-0.05, 0) is 76.2 Å². The van der Waals surface area contributed by atoms with Crippen LogP contribution in [-0.4, -0.2) is 34.1 Å². The van der Waals surface area contributed by atoms with Crippen LogP contribution in [0.15, 0.2) is 53.1 Å². The first-order chi connectivity index (χ1) is 15.2. The van der Waals surface area contributed by atoms with Crippen molar-refractivity contribution in [3.63, 3.8) is 0 Å². The van der Waals surface area contributed by atoms with Gasteiger partial charge in [0.05, 0.1) is 6.61 Å². The highest BCUT2D eigenvalue weighted by Gasteiger charge is 2.15. The van der Waals surface area contributed by atoms with Crippen LogP contribution >= 0.6 is 0 Å². The van der Waals surface area contributed by atoms with Gasteiger partial charge in [0.25, 0.3) is 5.91 Å². The minimum atomic E-state index is -0.314. The molecule has 0 unspecified atom stereocenters. The molecule has 2 amide bonds. The third kappa shape index (κ3) is 6.66. The molecular weight excluding hydrogens is 408 g/mol. The van der Waals surface area contributed by atoms with Crippen molar-refractivity contribution in [2.45, 2.75) is 46.1 Å². The Bertz CT molecular complexity index is 1050. The molecule has 8 nitrogen and oxygen atoms in total. The highest BCUT2D eigenvalue weighted by Crippen LogP contribution is 2.20. The quantitative estimate of drug-likeness (QED) is 0.547. The van der Waals surface area contributed by atoms with E-state index in [1.54, 1.807) is 24.3 Å². The number of hydrogen-bond acceptors (Lipinski definition) is 6. The summed E-state index contributed by atoms with van der Waals surface area (Å²) in [7, 11) is 0. The molecule has 0 saturated heterocycles. The van der Waals surface area contributed by atoms with Crippen LogP contribution in [0.3, 0.4) is 0 Å². The largest absolute Gasteiger partial charge is 0.494 e. The number of hydrogen-bond donors (Lipinski definition) is 2. The Morgan fingerprint density at radius 2 is 1.72 bits per heavy atom. The van der Waals surface area contributed by atoms with E-state index in [4.69, 9.17) is 9.26 Å². The number of nitrogens with zero attached hydrogens (tertiary/aromatic N) is 2. The zero-order chi connectivity index (χ0) is 23.1. The fourth-order valence-electron chi connectivity index (χ4n) is 2.90. The highest BCUT2D eigenvalue weighted by molar-refractivity contribution is 5.96. The summed E-state index contributed by atoms with van der Waals surface area (Å²) in [4.78, 5) is 28.8. The van der Waals surface area contributed by atoms with Gasteiger partial charge in [0, 0.05) is 35.2 Å². The predicted octanol–water partition coefficient (Wildman–Crippen LogP) is 4.23. The van der Waals surface area contributed by atoms with Gasteiger partial charge in [0.15, 0.2) is 0 Å². The van der Waals surface area contributed by atoms with Crippen LogP contribution in [0.4, 0.5) is 5.69 Å². The minimum Gasteiger partial charge on any atom is -0.494 e. The second-order valence-electron chi connectivity index (χ2n) is 8.30. The normalized spacial score (nSPS) is 11.1. The fourth-order valence-corrected chi connectivity index (χ4v) is 2.90. The van der Waals surface area contributed by atoms with Crippen LogP contribution < -0.4 is 15.4 Å². The molecule has 3 aromatic rings. The lowest BCUT2D eigenvalue weighted by Crippen LogP contribution is -2.40. The van der Waals surface area contributed by atoms with Crippen molar-refractivity contribution < 1.29 is 18.8 Å². The van der Waals surface area contributed by atoms with Gasteiger partial charge in [-0.2, -0.15) is 4.98 Å². The van der Waals surface area contributed by atoms with E-state index in [9.17, 15) is 9.59 Å². The summed E-state index contributed by atoms with van der Waals surface area (Å²) in [6.45, 7) is 8.29. The van der Waals surface area contributed by atoms with Gasteiger partial charge >= 0.3 is 0 Å². The van der Waals surface area contributed by atoms with Gasteiger partial charge in [0.2, 0.25) is 17.6 Å². The molecule has 0 saturated carbocycles. The van der Waals surface area contributed by atoms with E-state index in [0.29, 0.717) is 36.0 Å². The molecule has 0 atom stereocenters. The standard InChI is InChI=1S/C24H28N4O4/c1-5-31-19-12-8-16(9-13-19)22-26-21(32-28-22)15-14-20(29)25-18-10-6-17(7-11-18)23(30)27-24(2,3)4/h6-13H,5,14-15H2,1-4H3,(H,25,29)(H,27,30). The van der Waals surface area contributed by atoms with Gasteiger partial charge in [0.1, 0.15) is 5.75 Å². The average Bonchev–Trinajstić information content (AvgIpc) is 3.21. The molecule has 2 aromatic carbocycles. The van der Waals surface area contributed by atoms with Crippen molar-refractivity contribution in [2.24, 2.45) is 0 Å². The number of rotatable bonds is 8. The van der Waals surface area contributed by atoms with Crippen molar-refractivity contribution in [1.29, 1.82) is 0 Å². The Morgan fingerprint density at radius 3 is 2.34 bits per heavy atom. The minimum absolute atomic E-state index is 0.157. The van der Waals surface area contributed by atoms with Crippen molar-refractivity contribution in [1.82, 2.24) is 15.5 Å². The van der Waals surface area contributed by atoms with E-state index < -0.39 is 0 Å². The van der Waals surface area contributed by atoms with Crippen LogP contribution in [-0.2, 0) is 11.2 Å². The molecule has 0 aliphatic rings. The van der Waals surface area contributed by atoms with Crippen LogP contribution in [0.5, 0.6) is 5.75 Å². The average molecular weight is 437 g/mol. The number of benzene rings is 2. The molecule has 2 N–H and O–H groups in total. The number of ether oxygens (including phenoxy) is 1. The van der Waals surface area contributed by atoms with E-state index in [1.165, 1.54) is 0 Å². The van der Waals surface area contributed by atoms with Gasteiger partial charge < -0.3 is 19.9 Å². The summed E-state index contributed by atoms with van der Waals surface area (Å²) in [6, 6.07) is 14.2. The maximum atomic E-state index is 12.3. The maximum absolute atomic E-state index is 12.3. The highest BCUT2D eigenvalue weighted by atomic mass is 16.5.